The van der Waals surface area contributed by atoms with Crippen LogP contribution < -0.4 is 26.3 Å². The Balaban J connectivity index is 1.42. The van der Waals surface area contributed by atoms with E-state index in [2.05, 4.69) is 42.5 Å². The maximum atomic E-state index is 12.5. The van der Waals surface area contributed by atoms with E-state index in [0.29, 0.717) is 11.4 Å². The van der Waals surface area contributed by atoms with Gasteiger partial charge in [-0.1, -0.05) is 39.4 Å². The predicted molar refractivity (Wildman–Crippen MR) is 107 cm³/mol. The highest BCUT2D eigenvalue weighted by atomic mass is 79.9. The molecule has 11 nitrogen and oxygen atoms in total. The summed E-state index contributed by atoms with van der Waals surface area (Å²) in [6, 6.07) is 12.5. The van der Waals surface area contributed by atoms with Crippen molar-refractivity contribution >= 4 is 50.9 Å². The molecule has 0 aromatic heterocycles. The maximum Gasteiger partial charge on any atom is 0.282 e. The molecule has 0 radical (unpaired) electrons. The first kappa shape index (κ1) is 19.5. The van der Waals surface area contributed by atoms with Crippen molar-refractivity contribution in [2.75, 3.05) is 10.0 Å². The van der Waals surface area contributed by atoms with E-state index < -0.39 is 35.7 Å². The first-order valence-corrected chi connectivity index (χ1v) is 9.50. The van der Waals surface area contributed by atoms with Gasteiger partial charge >= 0.3 is 0 Å². The van der Waals surface area contributed by atoms with Crippen molar-refractivity contribution in [3.8, 4) is 0 Å². The van der Waals surface area contributed by atoms with E-state index in [9.17, 15) is 19.2 Å². The fourth-order valence-corrected chi connectivity index (χ4v) is 3.11. The van der Waals surface area contributed by atoms with E-state index in [1.807, 2.05) is 0 Å². The molecule has 4 rings (SSSR count). The van der Waals surface area contributed by atoms with Crippen LogP contribution in [0.15, 0.2) is 69.4 Å². The number of amides is 4. The average Bonchev–Trinajstić information content (AvgIpc) is 3.19. The highest BCUT2D eigenvalue weighted by Gasteiger charge is 2.42. The summed E-state index contributed by atoms with van der Waals surface area (Å²) in [5.74, 6) is -2.55. The Hall–Kier alpha value is -3.80. The van der Waals surface area contributed by atoms with E-state index in [4.69, 9.17) is 0 Å². The summed E-state index contributed by atoms with van der Waals surface area (Å²) in [5, 5.41) is 9.35. The van der Waals surface area contributed by atoms with Crippen molar-refractivity contribution in [3.63, 3.8) is 0 Å². The first-order chi connectivity index (χ1) is 14.5. The lowest BCUT2D eigenvalue weighted by atomic mass is 10.2. The summed E-state index contributed by atoms with van der Waals surface area (Å²) in [4.78, 5) is 49.1. The quantitative estimate of drug-likeness (QED) is 0.333. The summed E-state index contributed by atoms with van der Waals surface area (Å²) in [5.41, 5.74) is 8.07. The van der Waals surface area contributed by atoms with Crippen molar-refractivity contribution in [1.82, 2.24) is 16.3 Å². The zero-order valence-electron chi connectivity index (χ0n) is 15.2. The molecule has 0 saturated carbocycles. The van der Waals surface area contributed by atoms with Crippen LogP contribution in [0.3, 0.4) is 0 Å². The van der Waals surface area contributed by atoms with Crippen LogP contribution in [0.2, 0.25) is 0 Å². The number of carbonyl (C=O) groups excluding carboxylic acids is 4. The number of halogens is 1. The van der Waals surface area contributed by atoms with Crippen LogP contribution in [-0.4, -0.2) is 35.7 Å². The zero-order chi connectivity index (χ0) is 21.3. The van der Waals surface area contributed by atoms with E-state index in [0.717, 1.165) is 14.5 Å². The number of anilines is 2. The summed E-state index contributed by atoms with van der Waals surface area (Å²) in [6.45, 7) is 0. The molecule has 30 heavy (non-hydrogen) atoms. The lowest BCUT2D eigenvalue weighted by Gasteiger charge is -2.15. The smallest absolute Gasteiger partial charge is 0.270 e. The summed E-state index contributed by atoms with van der Waals surface area (Å²) in [6.07, 6.45) is 0. The Morgan fingerprint density at radius 1 is 0.800 bits per heavy atom. The number of nitrogens with zero attached hydrogens (tertiary/aromatic N) is 4. The Morgan fingerprint density at radius 3 is 2.10 bits per heavy atom. The highest BCUT2D eigenvalue weighted by molar-refractivity contribution is 9.10. The third-order valence-corrected chi connectivity index (χ3v) is 4.86. The maximum absolute atomic E-state index is 12.5. The van der Waals surface area contributed by atoms with Gasteiger partial charge in [0.1, 0.15) is 0 Å². The van der Waals surface area contributed by atoms with Crippen molar-refractivity contribution in [3.05, 3.63) is 59.1 Å². The molecule has 4 amide bonds. The monoisotopic (exact) mass is 471 g/mol. The van der Waals surface area contributed by atoms with Crippen LogP contribution in [-0.2, 0) is 19.2 Å². The number of benzene rings is 2. The molecule has 12 heteroatoms. The summed E-state index contributed by atoms with van der Waals surface area (Å²) in [7, 11) is 0. The van der Waals surface area contributed by atoms with E-state index in [1.165, 1.54) is 0 Å². The number of hydrogen-bond donors (Lipinski definition) is 3. The van der Waals surface area contributed by atoms with Crippen LogP contribution in [0, 0.1) is 0 Å². The van der Waals surface area contributed by atoms with Gasteiger partial charge in [-0.25, -0.2) is 10.0 Å². The second-order valence-corrected chi connectivity index (χ2v) is 7.21. The zero-order valence-corrected chi connectivity index (χ0v) is 16.7. The Morgan fingerprint density at radius 2 is 1.40 bits per heavy atom. The fourth-order valence-electron chi connectivity index (χ4n) is 2.85. The normalized spacial score (nSPS) is 21.4. The van der Waals surface area contributed by atoms with Crippen LogP contribution in [0.25, 0.3) is 0 Å². The number of carbonyl (C=O) groups is 4. The number of rotatable bonds is 5. The molecule has 0 aliphatic carbocycles. The van der Waals surface area contributed by atoms with Gasteiger partial charge in [0.15, 0.2) is 0 Å². The van der Waals surface area contributed by atoms with E-state index in [1.54, 1.807) is 54.6 Å². The number of hydrazine groups is 2. The molecule has 2 aliphatic rings. The predicted octanol–water partition coefficient (Wildman–Crippen LogP) is 0.599. The van der Waals surface area contributed by atoms with Crippen molar-refractivity contribution in [2.45, 2.75) is 12.1 Å². The minimum atomic E-state index is -1.43. The van der Waals surface area contributed by atoms with Gasteiger partial charge in [-0.15, -0.1) is 5.11 Å². The van der Waals surface area contributed by atoms with Gasteiger partial charge in [0.25, 0.3) is 23.6 Å². The van der Waals surface area contributed by atoms with Gasteiger partial charge in [0.2, 0.25) is 12.1 Å². The van der Waals surface area contributed by atoms with Gasteiger partial charge in [0.05, 0.1) is 11.4 Å². The Labute approximate surface area is 178 Å². The van der Waals surface area contributed by atoms with Crippen LogP contribution in [0.1, 0.15) is 0 Å². The molecular formula is C18H14BrN7O4. The topological polar surface area (TPSA) is 136 Å². The summed E-state index contributed by atoms with van der Waals surface area (Å²) < 4.78 is 0.816. The molecule has 2 saturated heterocycles. The van der Waals surface area contributed by atoms with E-state index >= 15 is 0 Å². The molecule has 2 aromatic rings. The highest BCUT2D eigenvalue weighted by Crippen LogP contribution is 2.21. The van der Waals surface area contributed by atoms with Gasteiger partial charge in [-0.3, -0.25) is 35.5 Å². The molecular weight excluding hydrogens is 458 g/mol. The molecule has 2 aliphatic heterocycles. The molecule has 2 atom stereocenters. The number of nitrogens with one attached hydrogen (secondary N) is 3. The van der Waals surface area contributed by atoms with Gasteiger partial charge in [-0.2, -0.15) is 0 Å². The van der Waals surface area contributed by atoms with Crippen molar-refractivity contribution < 1.29 is 19.2 Å². The van der Waals surface area contributed by atoms with Crippen molar-refractivity contribution in [1.29, 1.82) is 0 Å². The molecule has 152 valence electrons. The molecule has 0 bridgehead atoms. The SMILES string of the molecule is O=C1NN(c2ccccc2)C(=O)C1N=NNC1C(=O)NN(c2ccc(Br)cc2)C1=O. The van der Waals surface area contributed by atoms with E-state index in [-0.39, 0.29) is 0 Å². The molecule has 2 unspecified atom stereocenters. The van der Waals surface area contributed by atoms with Crippen LogP contribution >= 0.6 is 15.9 Å². The van der Waals surface area contributed by atoms with Gasteiger partial charge in [0, 0.05) is 4.47 Å². The third kappa shape index (κ3) is 3.59. The minimum absolute atomic E-state index is 0.460. The standard InChI is InChI=1S/C18H14BrN7O4/c19-10-6-8-12(9-7-10)26-18(30)14(16(28)23-26)21-24-20-13-15(27)22-25(17(13)29)11-4-2-1-3-5-11/h1-9,13-14H,(H,20,21)(H,22,27)(H,23,28). The van der Waals surface area contributed by atoms with Gasteiger partial charge < -0.3 is 0 Å². The first-order valence-electron chi connectivity index (χ1n) is 8.70. The summed E-state index contributed by atoms with van der Waals surface area (Å²) >= 11 is 3.29. The van der Waals surface area contributed by atoms with Crippen molar-refractivity contribution in [2.24, 2.45) is 10.3 Å². The second kappa shape index (κ2) is 7.91. The van der Waals surface area contributed by atoms with Gasteiger partial charge in [-0.05, 0) is 36.4 Å². The third-order valence-electron chi connectivity index (χ3n) is 4.34. The second-order valence-electron chi connectivity index (χ2n) is 6.29. The Bertz CT molecular complexity index is 1040. The van der Waals surface area contributed by atoms with Crippen LogP contribution in [0.5, 0.6) is 0 Å². The molecule has 0 spiro atoms. The molecule has 2 aromatic carbocycles. The molecule has 2 heterocycles. The minimum Gasteiger partial charge on any atom is -0.270 e. The average molecular weight is 472 g/mol. The lowest BCUT2D eigenvalue weighted by molar-refractivity contribution is -0.125. The van der Waals surface area contributed by atoms with Crippen LogP contribution in [0.4, 0.5) is 11.4 Å². The lowest BCUT2D eigenvalue weighted by Crippen LogP contribution is -2.38. The molecule has 3 N–H and O–H groups in total. The fraction of sp³-hybridized carbons (Fsp3) is 0.111. The number of hydrogen-bond acceptors (Lipinski definition) is 6. The molecule has 2 fully saturated rings. The Kier molecular flexibility index (Phi) is 5.14. The largest absolute Gasteiger partial charge is 0.282 e. The number of para-hydroxylation sites is 1.